The van der Waals surface area contributed by atoms with Crippen molar-refractivity contribution in [3.8, 4) is 11.5 Å². The van der Waals surface area contributed by atoms with Crippen LogP contribution in [-0.2, 0) is 4.79 Å². The third-order valence-corrected chi connectivity index (χ3v) is 5.95. The minimum Gasteiger partial charge on any atom is -0.496 e. The molecule has 0 N–H and O–H groups in total. The Kier molecular flexibility index (Phi) is 6.27. The molecule has 26 heavy (non-hydrogen) atoms. The monoisotopic (exact) mass is 494 g/mol. The summed E-state index contributed by atoms with van der Waals surface area (Å²) in [5.41, 5.74) is 2.51. The number of thioether (sulfide) groups is 1. The Morgan fingerprint density at radius 1 is 0.923 bits per heavy atom. The van der Waals surface area contributed by atoms with Gasteiger partial charge in [0.25, 0.3) is 0 Å². The van der Waals surface area contributed by atoms with Crippen LogP contribution in [0.15, 0.2) is 55.8 Å². The highest BCUT2D eigenvalue weighted by Gasteiger charge is 2.24. The van der Waals surface area contributed by atoms with E-state index in [1.54, 1.807) is 14.2 Å². The van der Waals surface area contributed by atoms with Crippen molar-refractivity contribution >= 4 is 61.6 Å². The molecular formula is C20H16Br2O3S. The highest BCUT2D eigenvalue weighted by atomic mass is 79.9. The lowest BCUT2D eigenvalue weighted by Crippen LogP contribution is -1.98. The molecule has 3 rings (SSSR count). The number of methoxy groups -OCH3 is 2. The Balaban J connectivity index is 1.94. The van der Waals surface area contributed by atoms with Gasteiger partial charge in [-0.15, -0.1) is 11.8 Å². The molecule has 0 unspecified atom stereocenters. The van der Waals surface area contributed by atoms with E-state index in [2.05, 4.69) is 31.9 Å². The van der Waals surface area contributed by atoms with Gasteiger partial charge in [0.05, 0.1) is 19.1 Å². The predicted molar refractivity (Wildman–Crippen MR) is 115 cm³/mol. The second-order valence-electron chi connectivity index (χ2n) is 5.57. The Bertz CT molecular complexity index is 846. The summed E-state index contributed by atoms with van der Waals surface area (Å²) in [6.07, 6.45) is 3.79. The molecule has 0 saturated carbocycles. The molecule has 2 aromatic rings. The van der Waals surface area contributed by atoms with Crippen molar-refractivity contribution in [2.45, 2.75) is 0 Å². The zero-order valence-corrected chi connectivity index (χ0v) is 18.2. The van der Waals surface area contributed by atoms with Crippen molar-refractivity contribution in [3.63, 3.8) is 0 Å². The number of ether oxygens (including phenoxy) is 2. The van der Waals surface area contributed by atoms with Crippen molar-refractivity contribution in [1.82, 2.24) is 0 Å². The maximum atomic E-state index is 12.8. The average Bonchev–Trinajstić information content (AvgIpc) is 2.96. The molecule has 134 valence electrons. The van der Waals surface area contributed by atoms with Crippen LogP contribution in [-0.4, -0.2) is 25.8 Å². The van der Waals surface area contributed by atoms with Crippen molar-refractivity contribution in [2.75, 3.05) is 20.0 Å². The van der Waals surface area contributed by atoms with E-state index in [1.807, 2.05) is 48.6 Å². The second-order valence-corrected chi connectivity index (χ2v) is 8.42. The van der Waals surface area contributed by atoms with Gasteiger partial charge < -0.3 is 9.47 Å². The van der Waals surface area contributed by atoms with E-state index in [1.165, 1.54) is 11.8 Å². The number of rotatable bonds is 4. The van der Waals surface area contributed by atoms with Crippen LogP contribution in [0.5, 0.6) is 11.5 Å². The first kappa shape index (κ1) is 19.3. The van der Waals surface area contributed by atoms with Crippen molar-refractivity contribution < 1.29 is 14.3 Å². The van der Waals surface area contributed by atoms with Gasteiger partial charge in [0.15, 0.2) is 5.78 Å². The fourth-order valence-electron chi connectivity index (χ4n) is 2.62. The summed E-state index contributed by atoms with van der Waals surface area (Å²) in [6.45, 7) is 0. The zero-order valence-electron chi connectivity index (χ0n) is 14.2. The second kappa shape index (κ2) is 8.46. The maximum Gasteiger partial charge on any atom is 0.196 e. The first-order valence-corrected chi connectivity index (χ1v) is 10.4. The summed E-state index contributed by atoms with van der Waals surface area (Å²) in [7, 11) is 3.25. The van der Waals surface area contributed by atoms with Crippen LogP contribution in [0, 0.1) is 0 Å². The molecule has 0 amide bonds. The fourth-order valence-corrected chi connectivity index (χ4v) is 4.38. The van der Waals surface area contributed by atoms with E-state index in [0.29, 0.717) is 10.7 Å². The van der Waals surface area contributed by atoms with Crippen molar-refractivity contribution in [1.29, 1.82) is 0 Å². The summed E-state index contributed by atoms with van der Waals surface area (Å²) < 4.78 is 12.7. The van der Waals surface area contributed by atoms with Crippen LogP contribution in [0.4, 0.5) is 0 Å². The van der Waals surface area contributed by atoms with E-state index in [-0.39, 0.29) is 5.78 Å². The number of benzene rings is 2. The normalized spacial score (nSPS) is 17.2. The van der Waals surface area contributed by atoms with Crippen LogP contribution in [0.3, 0.4) is 0 Å². The minimum atomic E-state index is 0.0408. The van der Waals surface area contributed by atoms with E-state index in [4.69, 9.17) is 9.47 Å². The molecule has 0 radical (unpaired) electrons. The van der Waals surface area contributed by atoms with Gasteiger partial charge in [-0.1, -0.05) is 31.9 Å². The molecular weight excluding hydrogens is 480 g/mol. The molecule has 6 heteroatoms. The molecule has 1 aliphatic heterocycles. The Morgan fingerprint density at radius 3 is 2.00 bits per heavy atom. The van der Waals surface area contributed by atoms with Gasteiger partial charge >= 0.3 is 0 Å². The lowest BCUT2D eigenvalue weighted by Gasteiger charge is -2.06. The topological polar surface area (TPSA) is 35.5 Å². The minimum absolute atomic E-state index is 0.0408. The summed E-state index contributed by atoms with van der Waals surface area (Å²) in [4.78, 5) is 13.5. The number of hydrogen-bond acceptors (Lipinski definition) is 4. The van der Waals surface area contributed by atoms with Crippen molar-refractivity contribution in [3.05, 3.63) is 66.9 Å². The van der Waals surface area contributed by atoms with Gasteiger partial charge in [0.2, 0.25) is 0 Å². The van der Waals surface area contributed by atoms with Gasteiger partial charge in [0.1, 0.15) is 11.5 Å². The standard InChI is InChI=1S/C20H16Br2O3S/c1-24-17-5-3-15(21)8-12(17)7-14-11-26-19(20(14)23)10-13-9-16(22)4-6-18(13)25-2/h3-10H,11H2,1-2H3/b14-7+,19-10-. The molecule has 0 atom stereocenters. The number of halogens is 2. The SMILES string of the molecule is COc1ccc(Br)cc1/C=C1\CS/C(=C\c2cc(Br)ccc2OC)C1=O. The number of Topliss-reactive ketones (excluding diaryl/α,β-unsaturated/α-hetero) is 1. The summed E-state index contributed by atoms with van der Waals surface area (Å²) >= 11 is 8.46. The average molecular weight is 496 g/mol. The number of hydrogen-bond donors (Lipinski definition) is 0. The van der Waals surface area contributed by atoms with Crippen molar-refractivity contribution in [2.24, 2.45) is 0 Å². The molecule has 3 nitrogen and oxygen atoms in total. The molecule has 1 fully saturated rings. The number of ketones is 1. The van der Waals surface area contributed by atoms with Crippen LogP contribution in [0.2, 0.25) is 0 Å². The van der Waals surface area contributed by atoms with Crippen LogP contribution in [0.1, 0.15) is 11.1 Å². The number of carbonyl (C=O) groups excluding carboxylic acids is 1. The Morgan fingerprint density at radius 2 is 1.46 bits per heavy atom. The van der Waals surface area contributed by atoms with Crippen LogP contribution >= 0.6 is 43.6 Å². The van der Waals surface area contributed by atoms with Gasteiger partial charge in [-0.25, -0.2) is 0 Å². The third-order valence-electron chi connectivity index (χ3n) is 3.90. The summed E-state index contributed by atoms with van der Waals surface area (Å²) in [5, 5.41) is 0. The molecule has 1 saturated heterocycles. The molecule has 1 aliphatic rings. The van der Waals surface area contributed by atoms with E-state index >= 15 is 0 Å². The molecule has 2 aromatic carbocycles. The molecule has 0 aromatic heterocycles. The Labute approximate surface area is 173 Å². The molecule has 1 heterocycles. The number of carbonyl (C=O) groups is 1. The van der Waals surface area contributed by atoms with Crippen LogP contribution in [0.25, 0.3) is 12.2 Å². The quantitative estimate of drug-likeness (QED) is 0.489. The first-order chi connectivity index (χ1) is 12.5. The van der Waals surface area contributed by atoms with Gasteiger partial charge in [-0.3, -0.25) is 4.79 Å². The van der Waals surface area contributed by atoms with Crippen LogP contribution < -0.4 is 9.47 Å². The lowest BCUT2D eigenvalue weighted by molar-refractivity contribution is -0.111. The molecule has 0 bridgehead atoms. The summed E-state index contributed by atoms with van der Waals surface area (Å²) in [5.74, 6) is 2.15. The first-order valence-electron chi connectivity index (χ1n) is 7.78. The van der Waals surface area contributed by atoms with E-state index in [9.17, 15) is 4.79 Å². The highest BCUT2D eigenvalue weighted by Crippen LogP contribution is 2.37. The van der Waals surface area contributed by atoms with Gasteiger partial charge in [-0.2, -0.15) is 0 Å². The lowest BCUT2D eigenvalue weighted by atomic mass is 10.1. The third kappa shape index (κ3) is 4.24. The van der Waals surface area contributed by atoms with E-state index in [0.717, 1.165) is 37.1 Å². The Hall–Kier alpha value is -1.50. The zero-order chi connectivity index (χ0) is 18.7. The fraction of sp³-hybridized carbons (Fsp3) is 0.150. The van der Waals surface area contributed by atoms with Gasteiger partial charge in [-0.05, 0) is 48.6 Å². The van der Waals surface area contributed by atoms with E-state index < -0.39 is 0 Å². The molecule has 0 aliphatic carbocycles. The highest BCUT2D eigenvalue weighted by molar-refractivity contribution is 9.10. The smallest absolute Gasteiger partial charge is 0.196 e. The predicted octanol–water partition coefficient (Wildman–Crippen LogP) is 5.97. The largest absolute Gasteiger partial charge is 0.496 e. The maximum absolute atomic E-state index is 12.8. The molecule has 0 spiro atoms. The summed E-state index contributed by atoms with van der Waals surface area (Å²) in [6, 6.07) is 11.5. The van der Waals surface area contributed by atoms with Gasteiger partial charge in [0, 0.05) is 31.4 Å². The number of allylic oxidation sites excluding steroid dienone is 1.